The van der Waals surface area contributed by atoms with Gasteiger partial charge in [-0.1, -0.05) is 12.1 Å². The largest absolute Gasteiger partial charge is 0.381 e. The lowest BCUT2D eigenvalue weighted by atomic mass is 10.2. The number of likely N-dealkylation sites (N-methyl/N-ethyl adjacent to an activating group) is 1. The van der Waals surface area contributed by atoms with Crippen LogP contribution in [0.2, 0.25) is 0 Å². The van der Waals surface area contributed by atoms with Crippen LogP contribution < -0.4 is 10.6 Å². The number of carbonyl (C=O) groups is 1. The smallest absolute Gasteiger partial charge is 0.238 e. The molecule has 1 aliphatic heterocycles. The summed E-state index contributed by atoms with van der Waals surface area (Å²) in [6.07, 6.45) is 2.28. The molecule has 1 fully saturated rings. The van der Waals surface area contributed by atoms with Gasteiger partial charge in [0.05, 0.1) is 6.54 Å². The van der Waals surface area contributed by atoms with E-state index in [1.807, 2.05) is 23.9 Å². The molecule has 0 bridgehead atoms. The number of benzene rings is 1. The third-order valence-corrected chi connectivity index (χ3v) is 4.64. The zero-order chi connectivity index (χ0) is 14.2. The maximum absolute atomic E-state index is 11.5. The van der Waals surface area contributed by atoms with Gasteiger partial charge >= 0.3 is 0 Å². The molecule has 110 valence electrons. The van der Waals surface area contributed by atoms with E-state index in [1.54, 1.807) is 7.05 Å². The molecule has 1 aliphatic rings. The van der Waals surface area contributed by atoms with Crippen LogP contribution in [-0.2, 0) is 15.3 Å². The third kappa shape index (κ3) is 5.15. The number of ether oxygens (including phenoxy) is 1. The Morgan fingerprint density at radius 1 is 1.40 bits per heavy atom. The molecule has 1 aromatic rings. The van der Waals surface area contributed by atoms with E-state index in [4.69, 9.17) is 4.74 Å². The van der Waals surface area contributed by atoms with Crippen LogP contribution in [0.3, 0.4) is 0 Å². The number of hydrogen-bond acceptors (Lipinski definition) is 4. The van der Waals surface area contributed by atoms with E-state index in [-0.39, 0.29) is 5.91 Å². The second-order valence-corrected chi connectivity index (χ2v) is 6.19. The number of hydrogen-bond donors (Lipinski definition) is 2. The molecule has 0 aliphatic carbocycles. The van der Waals surface area contributed by atoms with Crippen molar-refractivity contribution in [1.82, 2.24) is 5.32 Å². The molecule has 0 saturated carbocycles. The normalized spacial score (nSPS) is 16.1. The highest BCUT2D eigenvalue weighted by atomic mass is 32.2. The summed E-state index contributed by atoms with van der Waals surface area (Å²) in [6, 6.07) is 8.09. The molecule has 1 heterocycles. The van der Waals surface area contributed by atoms with Gasteiger partial charge < -0.3 is 15.4 Å². The summed E-state index contributed by atoms with van der Waals surface area (Å²) in [5.41, 5.74) is 2.12. The fourth-order valence-corrected chi connectivity index (χ4v) is 3.29. The minimum absolute atomic E-state index is 0.0123. The first-order valence-corrected chi connectivity index (χ1v) is 8.05. The predicted molar refractivity (Wildman–Crippen MR) is 84.1 cm³/mol. The van der Waals surface area contributed by atoms with E-state index in [9.17, 15) is 4.79 Å². The number of nitrogens with one attached hydrogen (secondary N) is 2. The van der Waals surface area contributed by atoms with Gasteiger partial charge in [-0.25, -0.2) is 0 Å². The molecular formula is C15H22N2O2S. The quantitative estimate of drug-likeness (QED) is 0.845. The minimum atomic E-state index is -0.0123. The third-order valence-electron chi connectivity index (χ3n) is 3.20. The molecule has 20 heavy (non-hydrogen) atoms. The second kappa shape index (κ2) is 8.29. The van der Waals surface area contributed by atoms with E-state index in [2.05, 4.69) is 22.8 Å². The first-order valence-electron chi connectivity index (χ1n) is 7.00. The monoisotopic (exact) mass is 294 g/mol. The van der Waals surface area contributed by atoms with Crippen LogP contribution in [0, 0.1) is 0 Å². The highest BCUT2D eigenvalue weighted by Gasteiger charge is 2.14. The SMILES string of the molecule is CNCC(=O)Nc1cccc(CSC2CCOCC2)c1. The van der Waals surface area contributed by atoms with Gasteiger partial charge in [-0.15, -0.1) is 0 Å². The number of carbonyl (C=O) groups excluding carboxylic acids is 1. The number of amides is 1. The number of anilines is 1. The van der Waals surface area contributed by atoms with Crippen LogP contribution in [0.5, 0.6) is 0 Å². The van der Waals surface area contributed by atoms with Gasteiger partial charge in [-0.05, 0) is 37.6 Å². The van der Waals surface area contributed by atoms with Crippen molar-refractivity contribution in [3.63, 3.8) is 0 Å². The molecule has 2 rings (SSSR count). The first kappa shape index (κ1) is 15.4. The Morgan fingerprint density at radius 2 is 2.20 bits per heavy atom. The topological polar surface area (TPSA) is 50.4 Å². The van der Waals surface area contributed by atoms with E-state index in [0.29, 0.717) is 11.8 Å². The highest BCUT2D eigenvalue weighted by molar-refractivity contribution is 7.99. The average molecular weight is 294 g/mol. The fourth-order valence-electron chi connectivity index (χ4n) is 2.16. The molecule has 0 atom stereocenters. The van der Waals surface area contributed by atoms with Crippen LogP contribution in [0.15, 0.2) is 24.3 Å². The minimum Gasteiger partial charge on any atom is -0.381 e. The molecule has 1 aromatic carbocycles. The van der Waals surface area contributed by atoms with E-state index >= 15 is 0 Å². The van der Waals surface area contributed by atoms with E-state index in [1.165, 1.54) is 5.56 Å². The van der Waals surface area contributed by atoms with Crippen molar-refractivity contribution in [1.29, 1.82) is 0 Å². The summed E-state index contributed by atoms with van der Waals surface area (Å²) in [4.78, 5) is 11.5. The molecule has 0 aromatic heterocycles. The van der Waals surface area contributed by atoms with Crippen LogP contribution in [-0.4, -0.2) is 38.0 Å². The van der Waals surface area contributed by atoms with Gasteiger partial charge in [-0.2, -0.15) is 11.8 Å². The Hall–Kier alpha value is -1.04. The second-order valence-electron chi connectivity index (χ2n) is 4.90. The molecular weight excluding hydrogens is 272 g/mol. The molecule has 5 heteroatoms. The van der Waals surface area contributed by atoms with E-state index < -0.39 is 0 Å². The van der Waals surface area contributed by atoms with E-state index in [0.717, 1.165) is 37.5 Å². The van der Waals surface area contributed by atoms with Crippen molar-refractivity contribution in [3.8, 4) is 0 Å². The summed E-state index contributed by atoms with van der Waals surface area (Å²) < 4.78 is 5.37. The standard InChI is InChI=1S/C15H22N2O2S/c1-16-10-15(18)17-13-4-2-3-12(9-13)11-20-14-5-7-19-8-6-14/h2-4,9,14,16H,5-8,10-11H2,1H3,(H,17,18). The maximum atomic E-state index is 11.5. The Kier molecular flexibility index (Phi) is 6.36. The van der Waals surface area contributed by atoms with Crippen LogP contribution in [0.4, 0.5) is 5.69 Å². The molecule has 1 amide bonds. The van der Waals surface area contributed by atoms with Crippen LogP contribution in [0.25, 0.3) is 0 Å². The van der Waals surface area contributed by atoms with Crippen LogP contribution in [0.1, 0.15) is 18.4 Å². The highest BCUT2D eigenvalue weighted by Crippen LogP contribution is 2.26. The zero-order valence-corrected chi connectivity index (χ0v) is 12.7. The van der Waals surface area contributed by atoms with Crippen molar-refractivity contribution < 1.29 is 9.53 Å². The van der Waals surface area contributed by atoms with Gasteiger partial charge in [-0.3, -0.25) is 4.79 Å². The van der Waals surface area contributed by atoms with Gasteiger partial charge in [0, 0.05) is 29.9 Å². The number of thioether (sulfide) groups is 1. The van der Waals surface area contributed by atoms with Crippen molar-refractivity contribution in [3.05, 3.63) is 29.8 Å². The average Bonchev–Trinajstić information content (AvgIpc) is 2.47. The van der Waals surface area contributed by atoms with Gasteiger partial charge in [0.25, 0.3) is 0 Å². The Bertz CT molecular complexity index is 434. The Morgan fingerprint density at radius 3 is 2.95 bits per heavy atom. The van der Waals surface area contributed by atoms with Gasteiger partial charge in [0.2, 0.25) is 5.91 Å². The molecule has 4 nitrogen and oxygen atoms in total. The first-order chi connectivity index (χ1) is 9.78. The van der Waals surface area contributed by atoms with Gasteiger partial charge in [0.15, 0.2) is 0 Å². The van der Waals surface area contributed by atoms with Gasteiger partial charge in [0.1, 0.15) is 0 Å². The maximum Gasteiger partial charge on any atom is 0.238 e. The van der Waals surface area contributed by atoms with Crippen LogP contribution >= 0.6 is 11.8 Å². The van der Waals surface area contributed by atoms with Crippen molar-refractivity contribution in [2.24, 2.45) is 0 Å². The summed E-state index contributed by atoms with van der Waals surface area (Å²) >= 11 is 1.98. The summed E-state index contributed by atoms with van der Waals surface area (Å²) in [7, 11) is 1.76. The number of rotatable bonds is 6. The van der Waals surface area contributed by atoms with Crippen molar-refractivity contribution >= 4 is 23.4 Å². The van der Waals surface area contributed by atoms with Crippen molar-refractivity contribution in [2.75, 3.05) is 32.1 Å². The summed E-state index contributed by atoms with van der Waals surface area (Å²) in [5.74, 6) is 0.974. The lowest BCUT2D eigenvalue weighted by molar-refractivity contribution is -0.115. The molecule has 0 spiro atoms. The zero-order valence-electron chi connectivity index (χ0n) is 11.9. The molecule has 0 unspecified atom stereocenters. The van der Waals surface area contributed by atoms with Crippen molar-refractivity contribution in [2.45, 2.75) is 23.8 Å². The summed E-state index contributed by atoms with van der Waals surface area (Å²) in [5, 5.41) is 6.43. The fraction of sp³-hybridized carbons (Fsp3) is 0.533. The predicted octanol–water partition coefficient (Wildman–Crippen LogP) is 2.26. The Labute approximate surface area is 124 Å². The lowest BCUT2D eigenvalue weighted by Crippen LogP contribution is -2.25. The molecule has 1 saturated heterocycles. The molecule has 2 N–H and O–H groups in total. The Balaban J connectivity index is 1.83. The lowest BCUT2D eigenvalue weighted by Gasteiger charge is -2.21. The molecule has 0 radical (unpaired) electrons. The summed E-state index contributed by atoms with van der Waals surface area (Å²) in [6.45, 7) is 2.11.